The molecule has 7 nitrogen and oxygen atoms in total. The molecule has 158 valence electrons. The van der Waals surface area contributed by atoms with Gasteiger partial charge in [-0.3, -0.25) is 19.0 Å². The van der Waals surface area contributed by atoms with Crippen LogP contribution in [-0.4, -0.2) is 21.4 Å². The standard InChI is InChI=1S/C22H20N4O3S2/c1-13(15-5-3-6-16(9-15)25-14(2)27)24-19(28)10-26-12-23-21-20(22(26)29)17(11-31-21)18-7-4-8-30-18/h3-9,11-13H,10H2,1-2H3,(H,24,28)(H,25,27). The molecule has 4 rings (SSSR count). The molecule has 0 aliphatic carbocycles. The van der Waals surface area contributed by atoms with Crippen molar-refractivity contribution in [2.24, 2.45) is 0 Å². The summed E-state index contributed by atoms with van der Waals surface area (Å²) in [7, 11) is 0. The molecule has 0 aliphatic rings. The lowest BCUT2D eigenvalue weighted by atomic mass is 10.1. The number of carbonyl (C=O) groups is 2. The number of thiophene rings is 2. The molecule has 3 aromatic heterocycles. The fraction of sp³-hybridized carbons (Fsp3) is 0.182. The fourth-order valence-corrected chi connectivity index (χ4v) is 5.03. The van der Waals surface area contributed by atoms with Crippen LogP contribution in [0.5, 0.6) is 0 Å². The topological polar surface area (TPSA) is 93.1 Å². The summed E-state index contributed by atoms with van der Waals surface area (Å²) in [5.74, 6) is -0.458. The van der Waals surface area contributed by atoms with Crippen LogP contribution in [0.3, 0.4) is 0 Å². The number of anilines is 1. The van der Waals surface area contributed by atoms with Crippen LogP contribution in [0.2, 0.25) is 0 Å². The lowest BCUT2D eigenvalue weighted by molar-refractivity contribution is -0.122. The fourth-order valence-electron chi connectivity index (χ4n) is 3.31. The van der Waals surface area contributed by atoms with Crippen molar-refractivity contribution in [2.45, 2.75) is 26.4 Å². The van der Waals surface area contributed by atoms with E-state index in [0.29, 0.717) is 15.9 Å². The smallest absolute Gasteiger partial charge is 0.263 e. The highest BCUT2D eigenvalue weighted by Crippen LogP contribution is 2.33. The first-order valence-electron chi connectivity index (χ1n) is 9.60. The van der Waals surface area contributed by atoms with E-state index in [1.165, 1.54) is 29.2 Å². The predicted octanol–water partition coefficient (Wildman–Crippen LogP) is 4.02. The van der Waals surface area contributed by atoms with Crippen molar-refractivity contribution >= 4 is 50.4 Å². The quantitative estimate of drug-likeness (QED) is 0.462. The van der Waals surface area contributed by atoms with Gasteiger partial charge in [-0.25, -0.2) is 4.98 Å². The lowest BCUT2D eigenvalue weighted by Gasteiger charge is -2.16. The van der Waals surface area contributed by atoms with Crippen LogP contribution in [0.15, 0.2) is 58.3 Å². The summed E-state index contributed by atoms with van der Waals surface area (Å²) in [6, 6.07) is 10.9. The molecule has 4 aromatic rings. The Bertz CT molecular complexity index is 1310. The van der Waals surface area contributed by atoms with E-state index in [4.69, 9.17) is 0 Å². The molecule has 2 N–H and O–H groups in total. The number of rotatable bonds is 6. The number of carbonyl (C=O) groups excluding carboxylic acids is 2. The normalized spacial score (nSPS) is 11.9. The first-order chi connectivity index (χ1) is 14.9. The molecule has 1 aromatic carbocycles. The minimum Gasteiger partial charge on any atom is -0.348 e. The van der Waals surface area contributed by atoms with E-state index >= 15 is 0 Å². The summed E-state index contributed by atoms with van der Waals surface area (Å²) < 4.78 is 1.34. The number of nitrogens with one attached hydrogen (secondary N) is 2. The summed E-state index contributed by atoms with van der Waals surface area (Å²) in [6.45, 7) is 3.16. The highest BCUT2D eigenvalue weighted by atomic mass is 32.1. The number of amides is 2. The van der Waals surface area contributed by atoms with E-state index < -0.39 is 0 Å². The van der Waals surface area contributed by atoms with Gasteiger partial charge in [0, 0.05) is 28.4 Å². The minimum absolute atomic E-state index is 0.128. The summed E-state index contributed by atoms with van der Waals surface area (Å²) in [5, 5.41) is 10.1. The maximum Gasteiger partial charge on any atom is 0.263 e. The van der Waals surface area contributed by atoms with Crippen molar-refractivity contribution in [1.29, 1.82) is 0 Å². The molecule has 31 heavy (non-hydrogen) atoms. The van der Waals surface area contributed by atoms with E-state index in [1.54, 1.807) is 17.4 Å². The molecule has 0 radical (unpaired) electrons. The van der Waals surface area contributed by atoms with Gasteiger partial charge in [0.05, 0.1) is 17.8 Å². The van der Waals surface area contributed by atoms with Gasteiger partial charge in [0.1, 0.15) is 11.4 Å². The number of nitrogens with zero attached hydrogens (tertiary/aromatic N) is 2. The molecule has 0 aliphatic heterocycles. The van der Waals surface area contributed by atoms with Crippen molar-refractivity contribution < 1.29 is 9.59 Å². The third-order valence-electron chi connectivity index (χ3n) is 4.75. The van der Waals surface area contributed by atoms with Gasteiger partial charge in [-0.1, -0.05) is 18.2 Å². The maximum absolute atomic E-state index is 13.1. The van der Waals surface area contributed by atoms with E-state index in [1.807, 2.05) is 48.0 Å². The second kappa shape index (κ2) is 8.83. The Balaban J connectivity index is 1.52. The van der Waals surface area contributed by atoms with Gasteiger partial charge in [0.25, 0.3) is 5.56 Å². The Hall–Kier alpha value is -3.30. The summed E-state index contributed by atoms with van der Waals surface area (Å²) in [4.78, 5) is 43.0. The van der Waals surface area contributed by atoms with Crippen molar-refractivity contribution in [3.63, 3.8) is 0 Å². The molecule has 0 saturated heterocycles. The zero-order valence-electron chi connectivity index (χ0n) is 16.9. The Labute approximate surface area is 186 Å². The van der Waals surface area contributed by atoms with Crippen LogP contribution < -0.4 is 16.2 Å². The SMILES string of the molecule is CC(=O)Nc1cccc(C(C)NC(=O)Cn2cnc3scc(-c4cccs4)c3c2=O)c1. The second-order valence-electron chi connectivity index (χ2n) is 7.08. The zero-order chi connectivity index (χ0) is 22.0. The van der Waals surface area contributed by atoms with E-state index in [2.05, 4.69) is 15.6 Å². The molecule has 9 heteroatoms. The Morgan fingerprint density at radius 3 is 2.77 bits per heavy atom. The molecule has 1 atom stereocenters. The molecule has 2 amide bonds. The summed E-state index contributed by atoms with van der Waals surface area (Å²) in [5.41, 5.74) is 2.13. The first-order valence-corrected chi connectivity index (χ1v) is 11.4. The average molecular weight is 453 g/mol. The van der Waals surface area contributed by atoms with Crippen LogP contribution in [-0.2, 0) is 16.1 Å². The first kappa shape index (κ1) is 21.0. The van der Waals surface area contributed by atoms with Gasteiger partial charge in [0.15, 0.2) is 0 Å². The largest absolute Gasteiger partial charge is 0.348 e. The molecule has 3 heterocycles. The lowest BCUT2D eigenvalue weighted by Crippen LogP contribution is -2.34. The molecule has 0 bridgehead atoms. The third kappa shape index (κ3) is 4.57. The van der Waals surface area contributed by atoms with Crippen LogP contribution in [0.25, 0.3) is 20.7 Å². The monoisotopic (exact) mass is 452 g/mol. The molecular formula is C22H20N4O3S2. The Morgan fingerprint density at radius 2 is 2.03 bits per heavy atom. The number of benzene rings is 1. The zero-order valence-corrected chi connectivity index (χ0v) is 18.5. The molecule has 0 spiro atoms. The van der Waals surface area contributed by atoms with Gasteiger partial charge in [0.2, 0.25) is 11.8 Å². The Morgan fingerprint density at radius 1 is 1.19 bits per heavy atom. The van der Waals surface area contributed by atoms with Gasteiger partial charge < -0.3 is 10.6 Å². The van der Waals surface area contributed by atoms with E-state index in [-0.39, 0.29) is 30.0 Å². The highest BCUT2D eigenvalue weighted by molar-refractivity contribution is 7.18. The number of hydrogen-bond acceptors (Lipinski definition) is 6. The highest BCUT2D eigenvalue weighted by Gasteiger charge is 2.16. The molecule has 0 fully saturated rings. The summed E-state index contributed by atoms with van der Waals surface area (Å²) in [6.07, 6.45) is 1.42. The number of fused-ring (bicyclic) bond motifs is 1. The van der Waals surface area contributed by atoms with Crippen LogP contribution in [0.4, 0.5) is 5.69 Å². The van der Waals surface area contributed by atoms with Gasteiger partial charge in [-0.2, -0.15) is 0 Å². The third-order valence-corrected chi connectivity index (χ3v) is 6.54. The van der Waals surface area contributed by atoms with Crippen LogP contribution in [0, 0.1) is 0 Å². The van der Waals surface area contributed by atoms with Gasteiger partial charge in [-0.15, -0.1) is 22.7 Å². The number of aromatic nitrogens is 2. The van der Waals surface area contributed by atoms with Crippen molar-refractivity contribution in [1.82, 2.24) is 14.9 Å². The second-order valence-corrected chi connectivity index (χ2v) is 8.89. The van der Waals surface area contributed by atoms with E-state index in [9.17, 15) is 14.4 Å². The van der Waals surface area contributed by atoms with Gasteiger partial charge >= 0.3 is 0 Å². The predicted molar refractivity (Wildman–Crippen MR) is 124 cm³/mol. The van der Waals surface area contributed by atoms with Crippen molar-refractivity contribution in [2.75, 3.05) is 5.32 Å². The molecule has 0 saturated carbocycles. The van der Waals surface area contributed by atoms with Crippen molar-refractivity contribution in [3.05, 3.63) is 69.4 Å². The summed E-state index contributed by atoms with van der Waals surface area (Å²) >= 11 is 2.98. The molecular weight excluding hydrogens is 432 g/mol. The Kier molecular flexibility index (Phi) is 5.97. The van der Waals surface area contributed by atoms with Crippen LogP contribution in [0.1, 0.15) is 25.5 Å². The van der Waals surface area contributed by atoms with Gasteiger partial charge in [-0.05, 0) is 36.1 Å². The van der Waals surface area contributed by atoms with Crippen LogP contribution >= 0.6 is 22.7 Å². The number of hydrogen-bond donors (Lipinski definition) is 2. The van der Waals surface area contributed by atoms with Crippen molar-refractivity contribution in [3.8, 4) is 10.4 Å². The molecule has 1 unspecified atom stereocenters. The average Bonchev–Trinajstić information content (AvgIpc) is 3.39. The van der Waals surface area contributed by atoms with E-state index in [0.717, 1.165) is 16.0 Å². The maximum atomic E-state index is 13.1. The minimum atomic E-state index is -0.298.